The Labute approximate surface area is 205 Å². The summed E-state index contributed by atoms with van der Waals surface area (Å²) in [6.07, 6.45) is -5.30. The Balaban J connectivity index is 1.11. The van der Waals surface area contributed by atoms with E-state index in [0.29, 0.717) is 31.2 Å². The molecule has 0 aliphatic carbocycles. The molecule has 0 amide bonds. The molecule has 0 bridgehead atoms. The largest absolute Gasteiger partial charge is 0.573 e. The van der Waals surface area contributed by atoms with Gasteiger partial charge in [-0.1, -0.05) is 0 Å². The molecule has 190 valence electrons. The third-order valence-corrected chi connectivity index (χ3v) is 6.53. The highest BCUT2D eigenvalue weighted by molar-refractivity contribution is 7.18. The number of alkyl halides is 3. The first-order valence-electron chi connectivity index (χ1n) is 11.3. The lowest BCUT2D eigenvalue weighted by atomic mass is 10.2. The highest BCUT2D eigenvalue weighted by atomic mass is 32.1. The average Bonchev–Trinajstić information content (AvgIpc) is 3.18. The number of hydrogen-bond donors (Lipinski definition) is 1. The van der Waals surface area contributed by atoms with Crippen LogP contribution in [0.15, 0.2) is 42.5 Å². The van der Waals surface area contributed by atoms with Crippen LogP contribution in [0.4, 0.5) is 13.2 Å². The van der Waals surface area contributed by atoms with E-state index >= 15 is 0 Å². The SMILES string of the molecule is Cc1nc2cc(OC[C@H](O)CN3CCN(CCOc4ccc(OC(F)(F)F)cc4)CC3)ccc2s1. The normalized spacial score (nSPS) is 16.4. The van der Waals surface area contributed by atoms with Gasteiger partial charge in [0.05, 0.1) is 15.2 Å². The minimum atomic E-state index is -4.70. The molecule has 1 aromatic heterocycles. The van der Waals surface area contributed by atoms with E-state index in [0.717, 1.165) is 41.4 Å². The average molecular weight is 512 g/mol. The van der Waals surface area contributed by atoms with Crippen LogP contribution in [0.3, 0.4) is 0 Å². The fraction of sp³-hybridized carbons (Fsp3) is 0.458. The van der Waals surface area contributed by atoms with Crippen molar-refractivity contribution in [2.24, 2.45) is 0 Å². The predicted molar refractivity (Wildman–Crippen MR) is 127 cm³/mol. The summed E-state index contributed by atoms with van der Waals surface area (Å²) in [5.74, 6) is 0.920. The molecule has 1 aliphatic rings. The molecule has 1 atom stereocenters. The molecule has 1 aliphatic heterocycles. The maximum atomic E-state index is 12.2. The van der Waals surface area contributed by atoms with E-state index in [1.807, 2.05) is 25.1 Å². The number of piperazine rings is 1. The van der Waals surface area contributed by atoms with Gasteiger partial charge in [0.2, 0.25) is 0 Å². The van der Waals surface area contributed by atoms with E-state index in [9.17, 15) is 18.3 Å². The zero-order valence-electron chi connectivity index (χ0n) is 19.3. The second-order valence-electron chi connectivity index (χ2n) is 8.34. The molecule has 2 heterocycles. The molecule has 7 nitrogen and oxygen atoms in total. The Hall–Kier alpha value is -2.60. The quantitative estimate of drug-likeness (QED) is 0.442. The number of aryl methyl sites for hydroxylation is 1. The number of thiazole rings is 1. The number of β-amino-alcohol motifs (C(OH)–C–C–N with tert-alkyl or cyclic N) is 1. The molecule has 11 heteroatoms. The molecule has 0 saturated carbocycles. The van der Waals surface area contributed by atoms with Crippen molar-refractivity contribution in [1.82, 2.24) is 14.8 Å². The molecule has 0 spiro atoms. The van der Waals surface area contributed by atoms with Gasteiger partial charge in [-0.25, -0.2) is 4.98 Å². The van der Waals surface area contributed by atoms with E-state index in [-0.39, 0.29) is 12.4 Å². The predicted octanol–water partition coefficient (Wildman–Crippen LogP) is 3.94. The Morgan fingerprint density at radius 3 is 2.34 bits per heavy atom. The van der Waals surface area contributed by atoms with Crippen LogP contribution in [0, 0.1) is 6.92 Å². The maximum absolute atomic E-state index is 12.2. The van der Waals surface area contributed by atoms with Crippen LogP contribution in [-0.4, -0.2) is 84.8 Å². The maximum Gasteiger partial charge on any atom is 0.573 e. The number of aliphatic hydroxyl groups is 1. The first kappa shape index (κ1) is 25.5. The molecule has 4 rings (SSSR count). The third-order valence-electron chi connectivity index (χ3n) is 5.58. The van der Waals surface area contributed by atoms with Gasteiger partial charge in [-0.3, -0.25) is 9.80 Å². The van der Waals surface area contributed by atoms with Gasteiger partial charge in [0.1, 0.15) is 36.6 Å². The van der Waals surface area contributed by atoms with Crippen molar-refractivity contribution >= 4 is 21.6 Å². The van der Waals surface area contributed by atoms with Gasteiger partial charge in [-0.15, -0.1) is 24.5 Å². The number of hydrogen-bond acceptors (Lipinski definition) is 8. The molecule has 1 N–H and O–H groups in total. The molecule has 1 fully saturated rings. The number of ether oxygens (including phenoxy) is 3. The van der Waals surface area contributed by atoms with Crippen molar-refractivity contribution in [3.63, 3.8) is 0 Å². The monoisotopic (exact) mass is 511 g/mol. The summed E-state index contributed by atoms with van der Waals surface area (Å²) in [5, 5.41) is 11.4. The van der Waals surface area contributed by atoms with E-state index in [4.69, 9.17) is 9.47 Å². The number of halogens is 3. The van der Waals surface area contributed by atoms with E-state index in [1.54, 1.807) is 11.3 Å². The third kappa shape index (κ3) is 7.96. The smallest absolute Gasteiger partial charge is 0.492 e. The van der Waals surface area contributed by atoms with E-state index in [2.05, 4.69) is 19.5 Å². The lowest BCUT2D eigenvalue weighted by Crippen LogP contribution is -2.50. The van der Waals surface area contributed by atoms with Gasteiger partial charge >= 0.3 is 6.36 Å². The van der Waals surface area contributed by atoms with Crippen LogP contribution in [-0.2, 0) is 0 Å². The zero-order valence-corrected chi connectivity index (χ0v) is 20.1. The lowest BCUT2D eigenvalue weighted by Gasteiger charge is -2.35. The van der Waals surface area contributed by atoms with Crippen molar-refractivity contribution in [1.29, 1.82) is 0 Å². The number of rotatable bonds is 10. The fourth-order valence-electron chi connectivity index (χ4n) is 3.88. The number of aromatic nitrogens is 1. The lowest BCUT2D eigenvalue weighted by molar-refractivity contribution is -0.274. The summed E-state index contributed by atoms with van der Waals surface area (Å²) in [5.41, 5.74) is 0.909. The standard InChI is InChI=1S/C24H28F3N3O4S/c1-17-28-22-14-21(6-7-23(22)35-17)33-16-18(31)15-30-10-8-29(9-11-30)12-13-32-19-2-4-20(5-3-19)34-24(25,26)27/h2-7,14,18,31H,8-13,15-16H2,1H3/t18-/m1/s1. The number of benzene rings is 2. The molecule has 35 heavy (non-hydrogen) atoms. The van der Waals surface area contributed by atoms with Crippen molar-refractivity contribution in [3.05, 3.63) is 47.5 Å². The van der Waals surface area contributed by atoms with Gasteiger partial charge in [0.25, 0.3) is 0 Å². The number of nitrogens with zero attached hydrogens (tertiary/aromatic N) is 3. The van der Waals surface area contributed by atoms with Crippen LogP contribution in [0.2, 0.25) is 0 Å². The van der Waals surface area contributed by atoms with Crippen LogP contribution >= 0.6 is 11.3 Å². The van der Waals surface area contributed by atoms with Gasteiger partial charge in [-0.2, -0.15) is 0 Å². The fourth-order valence-corrected chi connectivity index (χ4v) is 4.69. The van der Waals surface area contributed by atoms with Crippen molar-refractivity contribution < 1.29 is 32.5 Å². The first-order chi connectivity index (χ1) is 16.7. The van der Waals surface area contributed by atoms with Gasteiger partial charge < -0.3 is 19.3 Å². The van der Waals surface area contributed by atoms with E-state index in [1.165, 1.54) is 24.3 Å². The Bertz CT molecular complexity index is 1090. The summed E-state index contributed by atoms with van der Waals surface area (Å²) in [7, 11) is 0. The van der Waals surface area contributed by atoms with Crippen LogP contribution in [0.25, 0.3) is 10.2 Å². The van der Waals surface area contributed by atoms with Crippen LogP contribution in [0.1, 0.15) is 5.01 Å². The number of fused-ring (bicyclic) bond motifs is 1. The summed E-state index contributed by atoms with van der Waals surface area (Å²) in [6, 6.07) is 11.2. The second-order valence-corrected chi connectivity index (χ2v) is 9.57. The highest BCUT2D eigenvalue weighted by Crippen LogP contribution is 2.26. The van der Waals surface area contributed by atoms with Gasteiger partial charge in [0, 0.05) is 45.3 Å². The molecule has 0 unspecified atom stereocenters. The Kier molecular flexibility index (Phi) is 8.32. The molecule has 3 aromatic rings. The second kappa shape index (κ2) is 11.4. The van der Waals surface area contributed by atoms with Crippen molar-refractivity contribution in [2.45, 2.75) is 19.4 Å². The molecular weight excluding hydrogens is 483 g/mol. The summed E-state index contributed by atoms with van der Waals surface area (Å²) in [4.78, 5) is 8.93. The summed E-state index contributed by atoms with van der Waals surface area (Å²) < 4.78 is 53.0. The minimum Gasteiger partial charge on any atom is -0.492 e. The molecular formula is C24H28F3N3O4S. The molecule has 1 saturated heterocycles. The minimum absolute atomic E-state index is 0.218. The zero-order chi connectivity index (χ0) is 24.8. The van der Waals surface area contributed by atoms with Crippen LogP contribution < -0.4 is 14.2 Å². The van der Waals surface area contributed by atoms with Crippen LogP contribution in [0.5, 0.6) is 17.2 Å². The molecule has 0 radical (unpaired) electrons. The molecule has 2 aromatic carbocycles. The Morgan fingerprint density at radius 1 is 0.971 bits per heavy atom. The van der Waals surface area contributed by atoms with Crippen molar-refractivity contribution in [2.75, 3.05) is 52.5 Å². The summed E-state index contributed by atoms with van der Waals surface area (Å²) >= 11 is 1.64. The summed E-state index contributed by atoms with van der Waals surface area (Å²) in [6.45, 7) is 7.20. The van der Waals surface area contributed by atoms with Crippen molar-refractivity contribution in [3.8, 4) is 17.2 Å². The highest BCUT2D eigenvalue weighted by Gasteiger charge is 2.31. The first-order valence-corrected chi connectivity index (χ1v) is 12.2. The number of aliphatic hydroxyl groups excluding tert-OH is 1. The Morgan fingerprint density at radius 2 is 1.63 bits per heavy atom. The van der Waals surface area contributed by atoms with E-state index < -0.39 is 12.5 Å². The topological polar surface area (TPSA) is 67.3 Å². The van der Waals surface area contributed by atoms with Gasteiger partial charge in [0.15, 0.2) is 0 Å². The van der Waals surface area contributed by atoms with Gasteiger partial charge in [-0.05, 0) is 43.3 Å².